The molecule has 3 nitrogen and oxygen atoms in total. The summed E-state index contributed by atoms with van der Waals surface area (Å²) in [5, 5.41) is 2.60. The molecule has 0 amide bonds. The number of carbonyl (C=O) groups excluding carboxylic acids is 1. The minimum atomic E-state index is -0.377. The highest BCUT2D eigenvalue weighted by atomic mass is 32.1. The van der Waals surface area contributed by atoms with Crippen molar-refractivity contribution in [1.82, 2.24) is 4.98 Å². The standard InChI is InChI=1S/C6H7NO2S2/c1-2-9-6(8)5-7-4(10)3-11-5/h3,10H,2H2,1H3. The topological polar surface area (TPSA) is 39.2 Å². The molecule has 1 heterocycles. The molecule has 0 bridgehead atoms. The van der Waals surface area contributed by atoms with E-state index in [2.05, 4.69) is 17.6 Å². The first kappa shape index (κ1) is 8.55. The fourth-order valence-electron chi connectivity index (χ4n) is 0.552. The molecule has 1 rings (SSSR count). The second-order valence-corrected chi connectivity index (χ2v) is 3.05. The van der Waals surface area contributed by atoms with Crippen molar-refractivity contribution in [3.8, 4) is 0 Å². The third-order valence-electron chi connectivity index (χ3n) is 0.942. The second-order valence-electron chi connectivity index (χ2n) is 1.73. The van der Waals surface area contributed by atoms with Gasteiger partial charge in [0.15, 0.2) is 0 Å². The van der Waals surface area contributed by atoms with Crippen molar-refractivity contribution >= 4 is 29.9 Å². The molecule has 0 saturated carbocycles. The number of hydrogen-bond donors (Lipinski definition) is 1. The van der Waals surface area contributed by atoms with Crippen LogP contribution < -0.4 is 0 Å². The third kappa shape index (κ3) is 2.20. The van der Waals surface area contributed by atoms with Gasteiger partial charge in [0.25, 0.3) is 0 Å². The fraction of sp³-hybridized carbons (Fsp3) is 0.333. The number of hydrogen-bond acceptors (Lipinski definition) is 5. The van der Waals surface area contributed by atoms with Gasteiger partial charge in [-0.05, 0) is 6.92 Å². The van der Waals surface area contributed by atoms with E-state index in [1.807, 2.05) is 0 Å². The maximum absolute atomic E-state index is 10.9. The van der Waals surface area contributed by atoms with Crippen LogP contribution in [0.4, 0.5) is 0 Å². The molecule has 0 N–H and O–H groups in total. The van der Waals surface area contributed by atoms with Gasteiger partial charge in [-0.1, -0.05) is 0 Å². The molecule has 0 radical (unpaired) electrons. The van der Waals surface area contributed by atoms with E-state index in [9.17, 15) is 4.79 Å². The maximum atomic E-state index is 10.9. The van der Waals surface area contributed by atoms with E-state index in [1.165, 1.54) is 11.3 Å². The summed E-state index contributed by atoms with van der Waals surface area (Å²) in [7, 11) is 0. The first-order chi connectivity index (χ1) is 5.24. The summed E-state index contributed by atoms with van der Waals surface area (Å²) in [4.78, 5) is 14.8. The van der Waals surface area contributed by atoms with Gasteiger partial charge in [-0.15, -0.1) is 24.0 Å². The minimum Gasteiger partial charge on any atom is -0.461 e. The molecule has 60 valence electrons. The van der Waals surface area contributed by atoms with Crippen molar-refractivity contribution in [1.29, 1.82) is 0 Å². The van der Waals surface area contributed by atoms with Crippen LogP contribution in [0.3, 0.4) is 0 Å². The van der Waals surface area contributed by atoms with E-state index in [4.69, 9.17) is 4.74 Å². The number of aromatic nitrogens is 1. The predicted octanol–water partition coefficient (Wildman–Crippen LogP) is 1.61. The van der Waals surface area contributed by atoms with Crippen LogP contribution in [0.2, 0.25) is 0 Å². The Morgan fingerprint density at radius 1 is 1.91 bits per heavy atom. The van der Waals surface area contributed by atoms with Crippen LogP contribution in [0, 0.1) is 0 Å². The Balaban J connectivity index is 2.69. The number of rotatable bonds is 2. The van der Waals surface area contributed by atoms with Gasteiger partial charge in [0.2, 0.25) is 5.01 Å². The van der Waals surface area contributed by atoms with Crippen molar-refractivity contribution in [2.24, 2.45) is 0 Å². The fourth-order valence-corrected chi connectivity index (χ4v) is 1.45. The van der Waals surface area contributed by atoms with Crippen LogP contribution in [0.25, 0.3) is 0 Å². The third-order valence-corrected chi connectivity index (χ3v) is 2.17. The summed E-state index contributed by atoms with van der Waals surface area (Å²) >= 11 is 5.20. The van der Waals surface area contributed by atoms with Gasteiger partial charge < -0.3 is 4.74 Å². The van der Waals surface area contributed by atoms with Crippen LogP contribution in [0.15, 0.2) is 10.4 Å². The van der Waals surface area contributed by atoms with E-state index in [0.29, 0.717) is 16.6 Å². The number of esters is 1. The number of nitrogens with zero attached hydrogens (tertiary/aromatic N) is 1. The van der Waals surface area contributed by atoms with Crippen molar-refractivity contribution in [2.75, 3.05) is 6.61 Å². The Morgan fingerprint density at radius 3 is 3.09 bits per heavy atom. The van der Waals surface area contributed by atoms with Gasteiger partial charge >= 0.3 is 5.97 Å². The van der Waals surface area contributed by atoms with Gasteiger partial charge in [0, 0.05) is 5.38 Å². The minimum absolute atomic E-state index is 0.358. The highest BCUT2D eigenvalue weighted by molar-refractivity contribution is 7.80. The molecule has 0 aromatic carbocycles. The molecular formula is C6H7NO2S2. The molecule has 0 fully saturated rings. The van der Waals surface area contributed by atoms with Crippen molar-refractivity contribution in [2.45, 2.75) is 11.9 Å². The molecular weight excluding hydrogens is 182 g/mol. The summed E-state index contributed by atoms with van der Waals surface area (Å²) in [5.74, 6) is -0.377. The predicted molar refractivity (Wildman–Crippen MR) is 45.3 cm³/mol. The van der Waals surface area contributed by atoms with E-state index >= 15 is 0 Å². The normalized spacial score (nSPS) is 9.64. The Bertz CT molecular complexity index is 259. The van der Waals surface area contributed by atoms with E-state index < -0.39 is 0 Å². The Hall–Kier alpha value is -0.550. The van der Waals surface area contributed by atoms with Crippen LogP contribution in [-0.2, 0) is 4.74 Å². The summed E-state index contributed by atoms with van der Waals surface area (Å²) in [6, 6.07) is 0. The molecule has 1 aromatic rings. The van der Waals surface area contributed by atoms with Gasteiger partial charge in [0.1, 0.15) is 5.03 Å². The summed E-state index contributed by atoms with van der Waals surface area (Å²) in [6.07, 6.45) is 0. The molecule has 0 saturated heterocycles. The Kier molecular flexibility index (Phi) is 2.90. The molecule has 0 aliphatic rings. The lowest BCUT2D eigenvalue weighted by Gasteiger charge is -1.94. The molecule has 0 spiro atoms. The molecule has 0 aliphatic heterocycles. The zero-order chi connectivity index (χ0) is 8.27. The molecule has 11 heavy (non-hydrogen) atoms. The lowest BCUT2D eigenvalue weighted by atomic mass is 10.7. The lowest BCUT2D eigenvalue weighted by Crippen LogP contribution is -2.03. The van der Waals surface area contributed by atoms with Gasteiger partial charge in [-0.25, -0.2) is 9.78 Å². The molecule has 0 aliphatic carbocycles. The number of ether oxygens (including phenoxy) is 1. The van der Waals surface area contributed by atoms with Crippen LogP contribution >= 0.6 is 24.0 Å². The first-order valence-corrected chi connectivity index (χ1v) is 4.38. The number of thiol groups is 1. The quantitative estimate of drug-likeness (QED) is 0.567. The zero-order valence-corrected chi connectivity index (χ0v) is 7.61. The van der Waals surface area contributed by atoms with E-state index in [0.717, 1.165) is 0 Å². The summed E-state index contributed by atoms with van der Waals surface area (Å²) in [6.45, 7) is 2.13. The van der Waals surface area contributed by atoms with Gasteiger partial charge in [0.05, 0.1) is 6.61 Å². The monoisotopic (exact) mass is 189 g/mol. The smallest absolute Gasteiger partial charge is 0.367 e. The highest BCUT2D eigenvalue weighted by Crippen LogP contribution is 2.13. The van der Waals surface area contributed by atoms with E-state index in [-0.39, 0.29) is 5.97 Å². The Morgan fingerprint density at radius 2 is 2.64 bits per heavy atom. The van der Waals surface area contributed by atoms with Gasteiger partial charge in [-0.3, -0.25) is 0 Å². The molecule has 5 heteroatoms. The van der Waals surface area contributed by atoms with E-state index in [1.54, 1.807) is 12.3 Å². The highest BCUT2D eigenvalue weighted by Gasteiger charge is 2.09. The maximum Gasteiger partial charge on any atom is 0.367 e. The first-order valence-electron chi connectivity index (χ1n) is 3.05. The van der Waals surface area contributed by atoms with Crippen molar-refractivity contribution < 1.29 is 9.53 Å². The van der Waals surface area contributed by atoms with Gasteiger partial charge in [-0.2, -0.15) is 0 Å². The molecule has 0 atom stereocenters. The SMILES string of the molecule is CCOC(=O)c1nc(S)cs1. The van der Waals surface area contributed by atoms with Crippen LogP contribution in [0.5, 0.6) is 0 Å². The van der Waals surface area contributed by atoms with Crippen molar-refractivity contribution in [3.63, 3.8) is 0 Å². The number of thiazole rings is 1. The molecule has 0 unspecified atom stereocenters. The average Bonchev–Trinajstić information content (AvgIpc) is 2.36. The average molecular weight is 189 g/mol. The largest absolute Gasteiger partial charge is 0.461 e. The molecule has 1 aromatic heterocycles. The number of carbonyl (C=O) groups is 1. The second kappa shape index (κ2) is 3.73. The Labute approximate surface area is 73.8 Å². The summed E-state index contributed by atoms with van der Waals surface area (Å²) in [5.41, 5.74) is 0. The zero-order valence-electron chi connectivity index (χ0n) is 5.90. The van der Waals surface area contributed by atoms with Crippen molar-refractivity contribution in [3.05, 3.63) is 10.4 Å². The van der Waals surface area contributed by atoms with Crippen LogP contribution in [-0.4, -0.2) is 17.6 Å². The lowest BCUT2D eigenvalue weighted by molar-refractivity contribution is 0.0525. The van der Waals surface area contributed by atoms with Crippen LogP contribution in [0.1, 0.15) is 16.7 Å². The summed E-state index contributed by atoms with van der Waals surface area (Å²) < 4.78 is 4.72.